The standard InChI is InChI=1S/C14H25N3O/c1-2-3-4-5-6-14(18)16-13-7-10-17(11-8-13)12-9-15/h13H,2-8,10-12H2,1H3,(H,16,18). The third-order valence-electron chi connectivity index (χ3n) is 3.50. The van der Waals surface area contributed by atoms with E-state index < -0.39 is 0 Å². The van der Waals surface area contributed by atoms with Gasteiger partial charge in [0, 0.05) is 25.6 Å². The maximum Gasteiger partial charge on any atom is 0.220 e. The molecule has 4 heteroatoms. The van der Waals surface area contributed by atoms with Crippen molar-refractivity contribution in [2.24, 2.45) is 0 Å². The minimum atomic E-state index is 0.199. The minimum Gasteiger partial charge on any atom is -0.353 e. The molecule has 1 N–H and O–H groups in total. The molecule has 1 heterocycles. The van der Waals surface area contributed by atoms with Crippen molar-refractivity contribution in [2.75, 3.05) is 19.6 Å². The van der Waals surface area contributed by atoms with Gasteiger partial charge in [0.15, 0.2) is 0 Å². The monoisotopic (exact) mass is 251 g/mol. The topological polar surface area (TPSA) is 56.1 Å². The molecule has 1 amide bonds. The van der Waals surface area contributed by atoms with E-state index in [4.69, 9.17) is 5.26 Å². The Hall–Kier alpha value is -1.08. The molecule has 0 saturated carbocycles. The molecule has 0 aromatic carbocycles. The van der Waals surface area contributed by atoms with Crippen molar-refractivity contribution in [1.29, 1.82) is 5.26 Å². The summed E-state index contributed by atoms with van der Waals surface area (Å²) in [5, 5.41) is 11.7. The Morgan fingerprint density at radius 2 is 2.06 bits per heavy atom. The SMILES string of the molecule is CCCCCCC(=O)NC1CCN(CC#N)CC1. The van der Waals surface area contributed by atoms with Crippen molar-refractivity contribution >= 4 is 5.91 Å². The lowest BCUT2D eigenvalue weighted by Crippen LogP contribution is -2.44. The van der Waals surface area contributed by atoms with Crippen LogP contribution in [0.1, 0.15) is 51.9 Å². The van der Waals surface area contributed by atoms with E-state index in [2.05, 4.69) is 23.2 Å². The molecule has 0 radical (unpaired) electrons. The average molecular weight is 251 g/mol. The largest absolute Gasteiger partial charge is 0.353 e. The molecule has 0 spiro atoms. The first-order valence-corrected chi connectivity index (χ1v) is 7.15. The molecule has 0 aromatic heterocycles. The summed E-state index contributed by atoms with van der Waals surface area (Å²) in [5.41, 5.74) is 0. The molecule has 1 rings (SSSR count). The van der Waals surface area contributed by atoms with Crippen LogP contribution < -0.4 is 5.32 Å². The lowest BCUT2D eigenvalue weighted by Gasteiger charge is -2.30. The Bertz CT molecular complexity index is 277. The van der Waals surface area contributed by atoms with Gasteiger partial charge < -0.3 is 5.32 Å². The second-order valence-corrected chi connectivity index (χ2v) is 5.09. The van der Waals surface area contributed by atoms with E-state index in [0.29, 0.717) is 19.0 Å². The number of hydrogen-bond donors (Lipinski definition) is 1. The van der Waals surface area contributed by atoms with Crippen LogP contribution in [0.3, 0.4) is 0 Å². The highest BCUT2D eigenvalue weighted by Gasteiger charge is 2.19. The summed E-state index contributed by atoms with van der Waals surface area (Å²) in [6.07, 6.45) is 7.21. The van der Waals surface area contributed by atoms with Crippen LogP contribution in [0.5, 0.6) is 0 Å². The molecule has 0 unspecified atom stereocenters. The Balaban J connectivity index is 2.09. The van der Waals surface area contributed by atoms with Gasteiger partial charge in [0.2, 0.25) is 5.91 Å². The zero-order valence-electron chi connectivity index (χ0n) is 11.5. The van der Waals surface area contributed by atoms with Gasteiger partial charge >= 0.3 is 0 Å². The van der Waals surface area contributed by atoms with Crippen LogP contribution in [0.2, 0.25) is 0 Å². The second-order valence-electron chi connectivity index (χ2n) is 5.09. The first-order chi connectivity index (χ1) is 8.76. The average Bonchev–Trinajstić information content (AvgIpc) is 2.37. The van der Waals surface area contributed by atoms with E-state index >= 15 is 0 Å². The molecule has 1 saturated heterocycles. The highest BCUT2D eigenvalue weighted by Crippen LogP contribution is 2.10. The number of piperidine rings is 1. The molecule has 4 nitrogen and oxygen atoms in total. The van der Waals surface area contributed by atoms with E-state index in [1.54, 1.807) is 0 Å². The Kier molecular flexibility index (Phi) is 7.43. The zero-order chi connectivity index (χ0) is 13.2. The van der Waals surface area contributed by atoms with Crippen molar-refractivity contribution in [2.45, 2.75) is 57.9 Å². The second kappa shape index (κ2) is 8.93. The molecular formula is C14H25N3O. The maximum atomic E-state index is 11.7. The van der Waals surface area contributed by atoms with Gasteiger partial charge in [0.25, 0.3) is 0 Å². The van der Waals surface area contributed by atoms with Crippen molar-refractivity contribution in [1.82, 2.24) is 10.2 Å². The fourth-order valence-electron chi connectivity index (χ4n) is 2.35. The Morgan fingerprint density at radius 3 is 2.67 bits per heavy atom. The number of amides is 1. The van der Waals surface area contributed by atoms with E-state index in [1.807, 2.05) is 0 Å². The van der Waals surface area contributed by atoms with Gasteiger partial charge in [-0.05, 0) is 19.3 Å². The number of carbonyl (C=O) groups is 1. The predicted molar refractivity (Wildman–Crippen MR) is 72.0 cm³/mol. The van der Waals surface area contributed by atoms with Gasteiger partial charge in [-0.15, -0.1) is 0 Å². The molecular weight excluding hydrogens is 226 g/mol. The van der Waals surface area contributed by atoms with Crippen LogP contribution in [0, 0.1) is 11.3 Å². The van der Waals surface area contributed by atoms with E-state index in [1.165, 1.54) is 12.8 Å². The third kappa shape index (κ3) is 6.02. The molecule has 0 aliphatic carbocycles. The van der Waals surface area contributed by atoms with Gasteiger partial charge in [-0.3, -0.25) is 9.69 Å². The maximum absolute atomic E-state index is 11.7. The summed E-state index contributed by atoms with van der Waals surface area (Å²) < 4.78 is 0. The Labute approximate surface area is 110 Å². The minimum absolute atomic E-state index is 0.199. The molecule has 0 aromatic rings. The summed E-state index contributed by atoms with van der Waals surface area (Å²) in [7, 11) is 0. The number of likely N-dealkylation sites (tertiary alicyclic amines) is 1. The van der Waals surface area contributed by atoms with Crippen molar-refractivity contribution in [3.05, 3.63) is 0 Å². The number of nitrogens with one attached hydrogen (secondary N) is 1. The normalized spacial score (nSPS) is 17.3. The highest BCUT2D eigenvalue weighted by atomic mass is 16.1. The van der Waals surface area contributed by atoms with Crippen molar-refractivity contribution in [3.8, 4) is 6.07 Å². The van der Waals surface area contributed by atoms with Gasteiger partial charge in [0.1, 0.15) is 0 Å². The van der Waals surface area contributed by atoms with Gasteiger partial charge in [-0.1, -0.05) is 26.2 Å². The van der Waals surface area contributed by atoms with Crippen LogP contribution in [0.4, 0.5) is 0 Å². The molecule has 1 aliphatic rings. The number of carbonyl (C=O) groups excluding carboxylic acids is 1. The molecule has 0 bridgehead atoms. The predicted octanol–water partition coefficient (Wildman–Crippen LogP) is 2.06. The first-order valence-electron chi connectivity index (χ1n) is 7.15. The summed E-state index contributed by atoms with van der Waals surface area (Å²) in [6.45, 7) is 4.54. The van der Waals surface area contributed by atoms with Crippen LogP contribution in [-0.4, -0.2) is 36.5 Å². The number of nitriles is 1. The van der Waals surface area contributed by atoms with E-state index in [-0.39, 0.29) is 5.91 Å². The fourth-order valence-corrected chi connectivity index (χ4v) is 2.35. The first kappa shape index (κ1) is 15.0. The van der Waals surface area contributed by atoms with Crippen LogP contribution in [0.15, 0.2) is 0 Å². The highest BCUT2D eigenvalue weighted by molar-refractivity contribution is 5.76. The lowest BCUT2D eigenvalue weighted by molar-refractivity contribution is -0.122. The van der Waals surface area contributed by atoms with Crippen LogP contribution in [0.25, 0.3) is 0 Å². The summed E-state index contributed by atoms with van der Waals surface area (Å²) in [5.74, 6) is 0.199. The number of nitrogens with zero attached hydrogens (tertiary/aromatic N) is 2. The smallest absolute Gasteiger partial charge is 0.220 e. The van der Waals surface area contributed by atoms with Crippen molar-refractivity contribution < 1.29 is 4.79 Å². The van der Waals surface area contributed by atoms with Gasteiger partial charge in [-0.25, -0.2) is 0 Å². The third-order valence-corrected chi connectivity index (χ3v) is 3.50. The van der Waals surface area contributed by atoms with Crippen LogP contribution >= 0.6 is 0 Å². The van der Waals surface area contributed by atoms with E-state index in [9.17, 15) is 4.79 Å². The molecule has 1 fully saturated rings. The van der Waals surface area contributed by atoms with Gasteiger partial charge in [-0.2, -0.15) is 5.26 Å². The number of unbranched alkanes of at least 4 members (excludes halogenated alkanes) is 3. The molecule has 0 atom stereocenters. The summed E-state index contributed by atoms with van der Waals surface area (Å²) in [4.78, 5) is 13.8. The fraction of sp³-hybridized carbons (Fsp3) is 0.857. The zero-order valence-corrected chi connectivity index (χ0v) is 11.5. The van der Waals surface area contributed by atoms with Gasteiger partial charge in [0.05, 0.1) is 12.6 Å². The Morgan fingerprint density at radius 1 is 1.33 bits per heavy atom. The summed E-state index contributed by atoms with van der Waals surface area (Å²) in [6, 6.07) is 2.49. The van der Waals surface area contributed by atoms with Crippen molar-refractivity contribution in [3.63, 3.8) is 0 Å². The number of hydrogen-bond acceptors (Lipinski definition) is 3. The lowest BCUT2D eigenvalue weighted by atomic mass is 10.0. The molecule has 1 aliphatic heterocycles. The van der Waals surface area contributed by atoms with E-state index in [0.717, 1.165) is 38.8 Å². The summed E-state index contributed by atoms with van der Waals surface area (Å²) >= 11 is 0. The quantitative estimate of drug-likeness (QED) is 0.556. The number of rotatable bonds is 7. The molecule has 18 heavy (non-hydrogen) atoms. The van der Waals surface area contributed by atoms with Crippen LogP contribution in [-0.2, 0) is 4.79 Å². The molecule has 102 valence electrons.